The van der Waals surface area contributed by atoms with E-state index in [1.54, 1.807) is 5.48 Å². The molecule has 16 heavy (non-hydrogen) atoms. The summed E-state index contributed by atoms with van der Waals surface area (Å²) in [7, 11) is 0. The predicted molar refractivity (Wildman–Crippen MR) is 62.3 cm³/mol. The zero-order valence-electron chi connectivity index (χ0n) is 7.85. The molecule has 0 saturated carbocycles. The molecule has 0 aliphatic carbocycles. The summed E-state index contributed by atoms with van der Waals surface area (Å²) in [6.45, 7) is 0. The number of guanidine groups is 1. The number of halogens is 2. The van der Waals surface area contributed by atoms with Crippen LogP contribution in [0.5, 0.6) is 5.75 Å². The fourth-order valence-corrected chi connectivity index (χ4v) is 1.37. The number of hydroxylamine groups is 1. The van der Waals surface area contributed by atoms with Crippen molar-refractivity contribution in [3.05, 3.63) is 27.7 Å². The lowest BCUT2D eigenvalue weighted by molar-refractivity contribution is 0.232. The highest BCUT2D eigenvalue weighted by molar-refractivity contribution is 6.36. The van der Waals surface area contributed by atoms with Crippen molar-refractivity contribution in [1.82, 2.24) is 5.48 Å². The smallest absolute Gasteiger partial charge is 0.237 e. The number of aromatic hydroxyl groups is 1. The minimum absolute atomic E-state index is 0.103. The highest BCUT2D eigenvalue weighted by Crippen LogP contribution is 2.29. The van der Waals surface area contributed by atoms with Crippen LogP contribution in [0, 0.1) is 0 Å². The second kappa shape index (κ2) is 5.55. The number of hydrogen-bond acceptors (Lipinski definition) is 4. The topological polar surface area (TPSA) is 103 Å². The van der Waals surface area contributed by atoms with Gasteiger partial charge in [-0.2, -0.15) is 5.10 Å². The van der Waals surface area contributed by atoms with Gasteiger partial charge in [-0.3, -0.25) is 5.21 Å². The molecule has 86 valence electrons. The first-order valence-electron chi connectivity index (χ1n) is 3.99. The Balaban J connectivity index is 2.97. The van der Waals surface area contributed by atoms with Crippen LogP contribution in [0.3, 0.4) is 0 Å². The minimum atomic E-state index is -0.288. The molecule has 0 radical (unpaired) electrons. The molecule has 5 N–H and O–H groups in total. The maximum Gasteiger partial charge on any atom is 0.237 e. The van der Waals surface area contributed by atoms with Crippen LogP contribution in [0.25, 0.3) is 0 Å². The Morgan fingerprint density at radius 2 is 2.12 bits per heavy atom. The van der Waals surface area contributed by atoms with Gasteiger partial charge in [0.25, 0.3) is 0 Å². The number of nitrogens with zero attached hydrogens (tertiary/aromatic N) is 2. The van der Waals surface area contributed by atoms with E-state index in [4.69, 9.17) is 34.1 Å². The molecule has 1 aromatic carbocycles. The van der Waals surface area contributed by atoms with E-state index in [2.05, 4.69) is 10.2 Å². The van der Waals surface area contributed by atoms with E-state index in [9.17, 15) is 5.11 Å². The Hall–Kier alpha value is -1.50. The number of phenols is 1. The van der Waals surface area contributed by atoms with Crippen LogP contribution in [0.15, 0.2) is 22.3 Å². The van der Waals surface area contributed by atoms with E-state index < -0.39 is 0 Å². The minimum Gasteiger partial charge on any atom is -0.506 e. The summed E-state index contributed by atoms with van der Waals surface area (Å²) in [5, 5.41) is 25.1. The van der Waals surface area contributed by atoms with Crippen molar-refractivity contribution in [2.45, 2.75) is 0 Å². The van der Waals surface area contributed by atoms with Crippen LogP contribution >= 0.6 is 23.2 Å². The zero-order chi connectivity index (χ0) is 12.1. The number of benzene rings is 1. The van der Waals surface area contributed by atoms with Crippen LogP contribution < -0.4 is 11.2 Å². The van der Waals surface area contributed by atoms with E-state index in [1.807, 2.05) is 0 Å². The standard InChI is InChI=1S/C8H8Cl2N4O2/c9-5-1-4(7(15)6(10)2-5)3-12-13-8(11)14-16/h1-3,15-16H,(H3,11,13,14)/b12-3-. The molecule has 0 spiro atoms. The quantitative estimate of drug-likeness (QED) is 0.367. The molecule has 0 heterocycles. The molecule has 0 aliphatic heterocycles. The van der Waals surface area contributed by atoms with Crippen LogP contribution in [0.4, 0.5) is 0 Å². The largest absolute Gasteiger partial charge is 0.506 e. The third-order valence-electron chi connectivity index (χ3n) is 1.53. The molecule has 0 aliphatic rings. The normalized spacial score (nSPS) is 12.1. The first kappa shape index (κ1) is 12.6. The van der Waals surface area contributed by atoms with E-state index in [-0.39, 0.29) is 22.3 Å². The van der Waals surface area contributed by atoms with Gasteiger partial charge in [-0.15, -0.1) is 5.10 Å². The molecule has 0 aromatic heterocycles. The highest BCUT2D eigenvalue weighted by Gasteiger charge is 2.05. The molecule has 8 heteroatoms. The Kier molecular flexibility index (Phi) is 4.36. The lowest BCUT2D eigenvalue weighted by Gasteiger charge is -2.01. The second-order valence-electron chi connectivity index (χ2n) is 2.67. The van der Waals surface area contributed by atoms with Gasteiger partial charge in [0.1, 0.15) is 5.75 Å². The molecule has 0 saturated heterocycles. The lowest BCUT2D eigenvalue weighted by atomic mass is 10.2. The SMILES string of the molecule is N/C(=N\N=C/c1cc(Cl)cc(Cl)c1O)NO. The molecular weight excluding hydrogens is 255 g/mol. The van der Waals surface area contributed by atoms with Gasteiger partial charge in [0.05, 0.1) is 11.2 Å². The molecule has 1 rings (SSSR count). The number of nitrogens with two attached hydrogens (primary N) is 1. The summed E-state index contributed by atoms with van der Waals surface area (Å²) in [6.07, 6.45) is 1.19. The number of hydrogen-bond donors (Lipinski definition) is 4. The maximum absolute atomic E-state index is 9.52. The summed E-state index contributed by atoms with van der Waals surface area (Å²) >= 11 is 11.4. The van der Waals surface area contributed by atoms with Gasteiger partial charge in [-0.05, 0) is 12.1 Å². The molecule has 6 nitrogen and oxygen atoms in total. The third-order valence-corrected chi connectivity index (χ3v) is 2.04. The lowest BCUT2D eigenvalue weighted by Crippen LogP contribution is -2.27. The summed E-state index contributed by atoms with van der Waals surface area (Å²) in [4.78, 5) is 0. The maximum atomic E-state index is 9.52. The van der Waals surface area contributed by atoms with Gasteiger partial charge in [-0.25, -0.2) is 5.48 Å². The summed E-state index contributed by atoms with van der Waals surface area (Å²) < 4.78 is 0. The Bertz CT molecular complexity index is 448. The fourth-order valence-electron chi connectivity index (χ4n) is 0.860. The monoisotopic (exact) mass is 262 g/mol. The Morgan fingerprint density at radius 1 is 1.44 bits per heavy atom. The highest BCUT2D eigenvalue weighted by atomic mass is 35.5. The number of rotatable bonds is 2. The fraction of sp³-hybridized carbons (Fsp3) is 0. The van der Waals surface area contributed by atoms with Crippen LogP contribution in [0.1, 0.15) is 5.56 Å². The van der Waals surface area contributed by atoms with Crippen molar-refractivity contribution < 1.29 is 10.3 Å². The molecule has 0 bridgehead atoms. The zero-order valence-corrected chi connectivity index (χ0v) is 9.37. The van der Waals surface area contributed by atoms with E-state index in [1.165, 1.54) is 18.3 Å². The Labute approximate surface area is 101 Å². The van der Waals surface area contributed by atoms with Gasteiger partial charge in [0.2, 0.25) is 5.96 Å². The van der Waals surface area contributed by atoms with Crippen molar-refractivity contribution in [2.24, 2.45) is 15.9 Å². The summed E-state index contributed by atoms with van der Waals surface area (Å²) in [5.41, 5.74) is 6.97. The predicted octanol–water partition coefficient (Wildman–Crippen LogP) is 1.33. The summed E-state index contributed by atoms with van der Waals surface area (Å²) in [5.74, 6) is -0.454. The van der Waals surface area contributed by atoms with Gasteiger partial charge in [0.15, 0.2) is 0 Å². The average molecular weight is 263 g/mol. The molecule has 0 unspecified atom stereocenters. The van der Waals surface area contributed by atoms with Crippen molar-refractivity contribution in [2.75, 3.05) is 0 Å². The van der Waals surface area contributed by atoms with Gasteiger partial charge < -0.3 is 10.8 Å². The molecule has 0 amide bonds. The third kappa shape index (κ3) is 3.27. The van der Waals surface area contributed by atoms with Crippen molar-refractivity contribution in [3.8, 4) is 5.75 Å². The van der Waals surface area contributed by atoms with E-state index in [0.29, 0.717) is 5.02 Å². The number of nitrogens with one attached hydrogen (secondary N) is 1. The summed E-state index contributed by atoms with van der Waals surface area (Å²) in [6, 6.07) is 2.84. The van der Waals surface area contributed by atoms with Crippen LogP contribution in [0.2, 0.25) is 10.0 Å². The molecule has 0 atom stereocenters. The van der Waals surface area contributed by atoms with Crippen molar-refractivity contribution in [1.29, 1.82) is 0 Å². The number of phenolic OH excluding ortho intramolecular Hbond substituents is 1. The Morgan fingerprint density at radius 3 is 2.75 bits per heavy atom. The van der Waals surface area contributed by atoms with E-state index >= 15 is 0 Å². The molecule has 1 aromatic rings. The van der Waals surface area contributed by atoms with Gasteiger partial charge >= 0.3 is 0 Å². The van der Waals surface area contributed by atoms with Crippen LogP contribution in [-0.2, 0) is 0 Å². The first-order valence-corrected chi connectivity index (χ1v) is 4.74. The molecular formula is C8H8Cl2N4O2. The first-order chi connectivity index (χ1) is 7.54. The average Bonchev–Trinajstić information content (AvgIpc) is 2.24. The second-order valence-corrected chi connectivity index (χ2v) is 3.51. The van der Waals surface area contributed by atoms with Crippen molar-refractivity contribution in [3.63, 3.8) is 0 Å². The van der Waals surface area contributed by atoms with E-state index in [0.717, 1.165) is 0 Å². The van der Waals surface area contributed by atoms with Gasteiger partial charge in [-0.1, -0.05) is 23.2 Å². The molecule has 0 fully saturated rings. The van der Waals surface area contributed by atoms with Crippen LogP contribution in [-0.4, -0.2) is 22.5 Å². The van der Waals surface area contributed by atoms with Gasteiger partial charge in [0, 0.05) is 10.6 Å². The van der Waals surface area contributed by atoms with Crippen molar-refractivity contribution >= 4 is 35.4 Å².